The fourth-order valence-electron chi connectivity index (χ4n) is 2.55. The van der Waals surface area contributed by atoms with Gasteiger partial charge in [0.1, 0.15) is 11.4 Å². The molecule has 0 fully saturated rings. The molecule has 0 atom stereocenters. The van der Waals surface area contributed by atoms with Crippen LogP contribution in [0.1, 0.15) is 32.0 Å². The van der Waals surface area contributed by atoms with E-state index >= 15 is 0 Å². The van der Waals surface area contributed by atoms with Gasteiger partial charge in [-0.1, -0.05) is 44.5 Å². The molecule has 3 aromatic rings. The van der Waals surface area contributed by atoms with Crippen LogP contribution in [0, 0.1) is 6.92 Å². The third-order valence-corrected chi connectivity index (χ3v) is 5.78. The minimum atomic E-state index is -3.86. The van der Waals surface area contributed by atoms with E-state index in [1.54, 1.807) is 36.4 Å². The smallest absolute Gasteiger partial charge is 0.262 e. The molecule has 0 amide bonds. The second kappa shape index (κ2) is 8.00. The van der Waals surface area contributed by atoms with Gasteiger partial charge in [0.2, 0.25) is 5.88 Å². The molecule has 6 nitrogen and oxygen atoms in total. The Morgan fingerprint density at radius 3 is 2.28 bits per heavy atom. The van der Waals surface area contributed by atoms with Crippen LogP contribution in [0.25, 0.3) is 0 Å². The lowest BCUT2D eigenvalue weighted by molar-refractivity contribution is 0.463. The molecule has 0 aliphatic heterocycles. The standard InChI is InChI=1S/C21H22ClN3O3S/c1-14-5-8-17(13-23-14)28-20-19(11-16(22)12-24-20)25-29(26,27)18-9-6-15(7-10-18)21(2,3)4/h5-13,25H,1-4H3. The maximum Gasteiger partial charge on any atom is 0.262 e. The van der Waals surface area contributed by atoms with Crippen LogP contribution in [0.4, 0.5) is 5.69 Å². The lowest BCUT2D eigenvalue weighted by Gasteiger charge is -2.19. The molecule has 1 aromatic carbocycles. The highest BCUT2D eigenvalue weighted by Gasteiger charge is 2.20. The molecule has 152 valence electrons. The Balaban J connectivity index is 1.90. The predicted molar refractivity (Wildman–Crippen MR) is 114 cm³/mol. The number of halogens is 1. The Hall–Kier alpha value is -2.64. The van der Waals surface area contributed by atoms with Gasteiger partial charge in [-0.3, -0.25) is 9.71 Å². The first-order valence-electron chi connectivity index (χ1n) is 8.94. The zero-order chi connectivity index (χ0) is 21.2. The van der Waals surface area contributed by atoms with Crippen LogP contribution in [0.15, 0.2) is 59.8 Å². The number of sulfonamides is 1. The highest BCUT2D eigenvalue weighted by atomic mass is 35.5. The molecule has 0 unspecified atom stereocenters. The normalized spacial score (nSPS) is 11.9. The Labute approximate surface area is 176 Å². The Bertz CT molecular complexity index is 1110. The molecule has 29 heavy (non-hydrogen) atoms. The predicted octanol–water partition coefficient (Wildman–Crippen LogP) is 5.33. The van der Waals surface area contributed by atoms with E-state index in [-0.39, 0.29) is 26.9 Å². The number of aromatic nitrogens is 2. The topological polar surface area (TPSA) is 81.2 Å². The number of rotatable bonds is 5. The lowest BCUT2D eigenvalue weighted by Crippen LogP contribution is -2.15. The summed E-state index contributed by atoms with van der Waals surface area (Å²) in [5.74, 6) is 0.510. The van der Waals surface area contributed by atoms with Crippen molar-refractivity contribution in [2.75, 3.05) is 4.72 Å². The fraction of sp³-hybridized carbons (Fsp3) is 0.238. The van der Waals surface area contributed by atoms with Gasteiger partial charge in [0.25, 0.3) is 10.0 Å². The van der Waals surface area contributed by atoms with E-state index in [0.29, 0.717) is 5.75 Å². The monoisotopic (exact) mass is 431 g/mol. The minimum absolute atomic E-state index is 0.0737. The van der Waals surface area contributed by atoms with E-state index in [9.17, 15) is 8.42 Å². The van der Waals surface area contributed by atoms with E-state index in [1.165, 1.54) is 18.5 Å². The van der Waals surface area contributed by atoms with Crippen molar-refractivity contribution in [1.29, 1.82) is 0 Å². The quantitative estimate of drug-likeness (QED) is 0.590. The second-order valence-corrected chi connectivity index (χ2v) is 9.74. The SMILES string of the molecule is Cc1ccc(Oc2ncc(Cl)cc2NS(=O)(=O)c2ccc(C(C)(C)C)cc2)cn1. The van der Waals surface area contributed by atoms with Crippen molar-refractivity contribution >= 4 is 27.3 Å². The number of ether oxygens (including phenoxy) is 1. The van der Waals surface area contributed by atoms with Crippen molar-refractivity contribution < 1.29 is 13.2 Å². The van der Waals surface area contributed by atoms with Gasteiger partial charge in [-0.15, -0.1) is 0 Å². The highest BCUT2D eigenvalue weighted by Crippen LogP contribution is 2.31. The maximum atomic E-state index is 12.9. The number of aryl methyl sites for hydroxylation is 1. The molecule has 0 aliphatic rings. The van der Waals surface area contributed by atoms with Crippen molar-refractivity contribution in [3.8, 4) is 11.6 Å². The summed E-state index contributed by atoms with van der Waals surface area (Å²) in [6.45, 7) is 8.05. The number of benzene rings is 1. The van der Waals surface area contributed by atoms with Gasteiger partial charge in [-0.05, 0) is 48.2 Å². The second-order valence-electron chi connectivity index (χ2n) is 7.62. The summed E-state index contributed by atoms with van der Waals surface area (Å²) in [4.78, 5) is 8.40. The van der Waals surface area contributed by atoms with E-state index < -0.39 is 10.0 Å². The van der Waals surface area contributed by atoms with Crippen molar-refractivity contribution in [3.63, 3.8) is 0 Å². The van der Waals surface area contributed by atoms with Crippen molar-refractivity contribution in [2.45, 2.75) is 38.0 Å². The first-order valence-corrected chi connectivity index (χ1v) is 10.8. The number of nitrogens with zero attached hydrogens (tertiary/aromatic N) is 2. The molecule has 0 aliphatic carbocycles. The Morgan fingerprint density at radius 2 is 1.69 bits per heavy atom. The third-order valence-electron chi connectivity index (χ3n) is 4.19. The van der Waals surface area contributed by atoms with Crippen LogP contribution < -0.4 is 9.46 Å². The number of hydrogen-bond donors (Lipinski definition) is 1. The van der Waals surface area contributed by atoms with Crippen molar-refractivity contribution in [2.24, 2.45) is 0 Å². The zero-order valence-electron chi connectivity index (χ0n) is 16.6. The van der Waals surface area contributed by atoms with Crippen LogP contribution in [0.3, 0.4) is 0 Å². The number of hydrogen-bond acceptors (Lipinski definition) is 5. The van der Waals surface area contributed by atoms with E-state index in [1.807, 2.05) is 6.92 Å². The first kappa shape index (κ1) is 21.1. The first-order chi connectivity index (χ1) is 13.5. The molecule has 0 saturated carbocycles. The summed E-state index contributed by atoms with van der Waals surface area (Å²) < 4.78 is 34.0. The molecule has 0 radical (unpaired) electrons. The average Bonchev–Trinajstić information content (AvgIpc) is 2.65. The summed E-state index contributed by atoms with van der Waals surface area (Å²) in [5.41, 5.74) is 1.94. The van der Waals surface area contributed by atoms with E-state index in [2.05, 4.69) is 35.5 Å². The van der Waals surface area contributed by atoms with E-state index in [4.69, 9.17) is 16.3 Å². The molecule has 2 aromatic heterocycles. The summed E-state index contributed by atoms with van der Waals surface area (Å²) >= 11 is 6.02. The van der Waals surface area contributed by atoms with E-state index in [0.717, 1.165) is 11.3 Å². The maximum absolute atomic E-state index is 12.9. The molecule has 0 bridgehead atoms. The number of pyridine rings is 2. The molecule has 0 spiro atoms. The highest BCUT2D eigenvalue weighted by molar-refractivity contribution is 7.92. The van der Waals surface area contributed by atoms with Crippen LogP contribution in [-0.4, -0.2) is 18.4 Å². The molecule has 2 heterocycles. The van der Waals surface area contributed by atoms with Crippen LogP contribution in [0.5, 0.6) is 11.6 Å². The Kier molecular flexibility index (Phi) is 5.82. The third kappa shape index (κ3) is 5.25. The van der Waals surface area contributed by atoms with Gasteiger partial charge >= 0.3 is 0 Å². The molecular weight excluding hydrogens is 410 g/mol. The average molecular weight is 432 g/mol. The summed E-state index contributed by atoms with van der Waals surface area (Å²) in [6.07, 6.45) is 2.92. The lowest BCUT2D eigenvalue weighted by atomic mass is 9.87. The van der Waals surface area contributed by atoms with Crippen molar-refractivity contribution in [3.05, 3.63) is 71.1 Å². The molecule has 3 rings (SSSR count). The zero-order valence-corrected chi connectivity index (χ0v) is 18.2. The summed E-state index contributed by atoms with van der Waals surface area (Å²) in [7, 11) is -3.86. The van der Waals surface area contributed by atoms with Gasteiger partial charge in [-0.2, -0.15) is 0 Å². The minimum Gasteiger partial charge on any atom is -0.435 e. The summed E-state index contributed by atoms with van der Waals surface area (Å²) in [6, 6.07) is 11.7. The van der Waals surface area contributed by atoms with Gasteiger partial charge < -0.3 is 4.74 Å². The van der Waals surface area contributed by atoms with Crippen LogP contribution in [-0.2, 0) is 15.4 Å². The largest absolute Gasteiger partial charge is 0.435 e. The van der Waals surface area contributed by atoms with Crippen LogP contribution >= 0.6 is 11.6 Å². The van der Waals surface area contributed by atoms with Crippen LogP contribution in [0.2, 0.25) is 5.02 Å². The Morgan fingerprint density at radius 1 is 1.00 bits per heavy atom. The van der Waals surface area contributed by atoms with Gasteiger partial charge in [0.15, 0.2) is 0 Å². The summed E-state index contributed by atoms with van der Waals surface area (Å²) in [5, 5.41) is 0.278. The van der Waals surface area contributed by atoms with Gasteiger partial charge in [0, 0.05) is 11.9 Å². The number of nitrogens with one attached hydrogen (secondary N) is 1. The molecular formula is C21H22ClN3O3S. The van der Waals surface area contributed by atoms with Gasteiger partial charge in [-0.25, -0.2) is 13.4 Å². The molecule has 0 saturated heterocycles. The fourth-order valence-corrected chi connectivity index (χ4v) is 3.75. The molecule has 8 heteroatoms. The van der Waals surface area contributed by atoms with Crippen molar-refractivity contribution in [1.82, 2.24) is 9.97 Å². The number of anilines is 1. The molecule has 1 N–H and O–H groups in total. The van der Waals surface area contributed by atoms with Gasteiger partial charge in [0.05, 0.1) is 16.1 Å².